The van der Waals surface area contributed by atoms with Crippen molar-refractivity contribution in [1.82, 2.24) is 10.2 Å². The maximum Gasteiger partial charge on any atom is 0.407 e. The summed E-state index contributed by atoms with van der Waals surface area (Å²) in [5.41, 5.74) is 4.70. The Morgan fingerprint density at radius 1 is 0.914 bits per heavy atom. The number of likely N-dealkylation sites (tertiary alicyclic amines) is 1. The molecule has 184 valence electrons. The van der Waals surface area contributed by atoms with Gasteiger partial charge in [-0.05, 0) is 60.8 Å². The number of carboxylic acids is 1. The molecule has 7 heteroatoms. The van der Waals surface area contributed by atoms with Gasteiger partial charge in [0.05, 0.1) is 0 Å². The molecule has 1 saturated carbocycles. The van der Waals surface area contributed by atoms with Crippen molar-refractivity contribution in [1.29, 1.82) is 0 Å². The molecule has 1 heterocycles. The highest BCUT2D eigenvalue weighted by atomic mass is 16.5. The third-order valence-electron chi connectivity index (χ3n) is 7.76. The molecule has 0 radical (unpaired) electrons. The average molecular weight is 477 g/mol. The van der Waals surface area contributed by atoms with Gasteiger partial charge in [-0.3, -0.25) is 4.79 Å². The summed E-state index contributed by atoms with van der Waals surface area (Å²) in [7, 11) is 0. The average Bonchev–Trinajstić information content (AvgIpc) is 3.21. The second-order valence-electron chi connectivity index (χ2n) is 9.91. The SMILES string of the molecule is O=C(N[C@H]1CCC[C@@H](C(=O)N2CCCCC2C(=O)O)C1)OCC1c2ccccc2-c2ccccc21. The summed E-state index contributed by atoms with van der Waals surface area (Å²) in [6, 6.07) is 15.6. The highest BCUT2D eigenvalue weighted by Gasteiger charge is 2.38. The van der Waals surface area contributed by atoms with Crippen LogP contribution in [0.3, 0.4) is 0 Å². The van der Waals surface area contributed by atoms with E-state index in [1.54, 1.807) is 4.90 Å². The number of rotatable bonds is 5. The molecule has 2 fully saturated rings. The van der Waals surface area contributed by atoms with Gasteiger partial charge in [0.2, 0.25) is 5.91 Å². The number of hydrogen-bond acceptors (Lipinski definition) is 4. The molecule has 2 aromatic carbocycles. The first kappa shape index (κ1) is 23.4. The Labute approximate surface area is 205 Å². The zero-order chi connectivity index (χ0) is 24.4. The lowest BCUT2D eigenvalue weighted by atomic mass is 9.84. The quantitative estimate of drug-likeness (QED) is 0.660. The molecule has 1 aliphatic heterocycles. The summed E-state index contributed by atoms with van der Waals surface area (Å²) in [6.45, 7) is 0.750. The van der Waals surface area contributed by atoms with Crippen molar-refractivity contribution < 1.29 is 24.2 Å². The molecular formula is C28H32N2O5. The minimum atomic E-state index is -0.929. The van der Waals surface area contributed by atoms with E-state index < -0.39 is 18.1 Å². The number of fused-ring (bicyclic) bond motifs is 3. The van der Waals surface area contributed by atoms with Gasteiger partial charge in [-0.2, -0.15) is 0 Å². The van der Waals surface area contributed by atoms with Crippen molar-refractivity contribution in [3.8, 4) is 11.1 Å². The molecular weight excluding hydrogens is 444 g/mol. The first-order valence-electron chi connectivity index (χ1n) is 12.7. The molecule has 0 aromatic heterocycles. The molecule has 1 saturated heterocycles. The Morgan fingerprint density at radius 3 is 2.29 bits per heavy atom. The molecule has 2 aliphatic carbocycles. The van der Waals surface area contributed by atoms with Crippen LogP contribution in [-0.4, -0.2) is 53.2 Å². The lowest BCUT2D eigenvalue weighted by Crippen LogP contribution is -2.51. The van der Waals surface area contributed by atoms with Crippen LogP contribution in [0.5, 0.6) is 0 Å². The maximum atomic E-state index is 13.2. The minimum absolute atomic E-state index is 0.000820. The topological polar surface area (TPSA) is 95.9 Å². The van der Waals surface area contributed by atoms with Crippen LogP contribution in [-0.2, 0) is 14.3 Å². The van der Waals surface area contributed by atoms with Gasteiger partial charge >= 0.3 is 12.1 Å². The number of benzene rings is 2. The van der Waals surface area contributed by atoms with E-state index >= 15 is 0 Å². The summed E-state index contributed by atoms with van der Waals surface area (Å²) in [5, 5.41) is 12.5. The van der Waals surface area contributed by atoms with Gasteiger partial charge in [0.25, 0.3) is 0 Å². The Bertz CT molecular complexity index is 1070. The van der Waals surface area contributed by atoms with Gasteiger partial charge in [0.1, 0.15) is 12.6 Å². The number of alkyl carbamates (subject to hydrolysis) is 1. The number of nitrogens with zero attached hydrogens (tertiary/aromatic N) is 1. The van der Waals surface area contributed by atoms with Gasteiger partial charge in [0.15, 0.2) is 0 Å². The molecule has 3 aliphatic rings. The van der Waals surface area contributed by atoms with Gasteiger partial charge < -0.3 is 20.1 Å². The predicted octanol–water partition coefficient (Wildman–Crippen LogP) is 4.55. The van der Waals surface area contributed by atoms with Crippen LogP contribution in [0.1, 0.15) is 62.0 Å². The highest BCUT2D eigenvalue weighted by Crippen LogP contribution is 2.44. The fourth-order valence-electron chi connectivity index (χ4n) is 6.04. The van der Waals surface area contributed by atoms with Gasteiger partial charge in [0, 0.05) is 24.4 Å². The summed E-state index contributed by atoms with van der Waals surface area (Å²) in [4.78, 5) is 39.0. The molecule has 1 unspecified atom stereocenters. The Balaban J connectivity index is 1.18. The van der Waals surface area contributed by atoms with Crippen molar-refractivity contribution in [3.63, 3.8) is 0 Å². The molecule has 3 atom stereocenters. The van der Waals surface area contributed by atoms with Crippen LogP contribution < -0.4 is 5.32 Å². The molecule has 7 nitrogen and oxygen atoms in total. The van der Waals surface area contributed by atoms with Crippen LogP contribution in [0.2, 0.25) is 0 Å². The van der Waals surface area contributed by atoms with E-state index in [0.29, 0.717) is 19.4 Å². The lowest BCUT2D eigenvalue weighted by molar-refractivity contribution is -0.154. The predicted molar refractivity (Wildman–Crippen MR) is 131 cm³/mol. The number of piperidine rings is 1. The summed E-state index contributed by atoms with van der Waals surface area (Å²) < 4.78 is 5.68. The fourth-order valence-corrected chi connectivity index (χ4v) is 6.04. The standard InChI is InChI=1S/C28H32N2O5/c31-26(30-15-6-5-14-25(30)27(32)33)18-8-7-9-19(16-18)29-28(34)35-17-24-22-12-3-1-10-20(22)21-11-2-4-13-23(21)24/h1-4,10-13,18-19,24-25H,5-9,14-17H2,(H,29,34)(H,32,33)/t18-,19+,25?/m1/s1. The van der Waals surface area contributed by atoms with Crippen molar-refractivity contribution in [2.45, 2.75) is 62.9 Å². The van der Waals surface area contributed by atoms with E-state index in [9.17, 15) is 19.5 Å². The van der Waals surface area contributed by atoms with E-state index in [2.05, 4.69) is 29.6 Å². The molecule has 5 rings (SSSR count). The number of ether oxygens (including phenoxy) is 1. The van der Waals surface area contributed by atoms with E-state index in [-0.39, 0.29) is 30.4 Å². The lowest BCUT2D eigenvalue weighted by Gasteiger charge is -2.37. The third kappa shape index (κ3) is 4.77. The number of hydrogen-bond donors (Lipinski definition) is 2. The molecule has 2 aromatic rings. The number of carbonyl (C=O) groups excluding carboxylic acids is 2. The maximum absolute atomic E-state index is 13.2. The van der Waals surface area contributed by atoms with E-state index in [4.69, 9.17) is 4.74 Å². The van der Waals surface area contributed by atoms with Gasteiger partial charge in [-0.1, -0.05) is 55.0 Å². The van der Waals surface area contributed by atoms with Crippen LogP contribution in [0.15, 0.2) is 48.5 Å². The molecule has 0 bridgehead atoms. The number of aliphatic carboxylic acids is 1. The van der Waals surface area contributed by atoms with Gasteiger partial charge in [-0.15, -0.1) is 0 Å². The first-order valence-corrected chi connectivity index (χ1v) is 12.7. The van der Waals surface area contributed by atoms with Crippen LogP contribution >= 0.6 is 0 Å². The second kappa shape index (κ2) is 10.1. The van der Waals surface area contributed by atoms with Crippen LogP contribution in [0, 0.1) is 5.92 Å². The normalized spacial score (nSPS) is 23.8. The van der Waals surface area contributed by atoms with E-state index in [0.717, 1.165) is 32.1 Å². The van der Waals surface area contributed by atoms with Crippen LogP contribution in [0.4, 0.5) is 4.79 Å². The summed E-state index contributed by atoms with van der Waals surface area (Å²) in [5.74, 6) is -1.28. The Hall–Kier alpha value is -3.35. The highest BCUT2D eigenvalue weighted by molar-refractivity contribution is 5.85. The van der Waals surface area contributed by atoms with E-state index in [1.165, 1.54) is 22.3 Å². The molecule has 0 spiro atoms. The Morgan fingerprint density at radius 2 is 1.60 bits per heavy atom. The largest absolute Gasteiger partial charge is 0.480 e. The fraction of sp³-hybridized carbons (Fsp3) is 0.464. The molecule has 2 amide bonds. The van der Waals surface area contributed by atoms with Crippen LogP contribution in [0.25, 0.3) is 11.1 Å². The molecule has 35 heavy (non-hydrogen) atoms. The number of nitrogens with one attached hydrogen (secondary N) is 1. The second-order valence-corrected chi connectivity index (χ2v) is 9.91. The van der Waals surface area contributed by atoms with Crippen molar-refractivity contribution >= 4 is 18.0 Å². The number of carbonyl (C=O) groups is 3. The van der Waals surface area contributed by atoms with Gasteiger partial charge in [-0.25, -0.2) is 9.59 Å². The number of amides is 2. The minimum Gasteiger partial charge on any atom is -0.480 e. The summed E-state index contributed by atoms with van der Waals surface area (Å²) in [6.07, 6.45) is 4.56. The first-order chi connectivity index (χ1) is 17.0. The zero-order valence-corrected chi connectivity index (χ0v) is 19.8. The third-order valence-corrected chi connectivity index (χ3v) is 7.76. The smallest absolute Gasteiger partial charge is 0.407 e. The van der Waals surface area contributed by atoms with Crippen molar-refractivity contribution in [3.05, 3.63) is 59.7 Å². The van der Waals surface area contributed by atoms with E-state index in [1.807, 2.05) is 24.3 Å². The summed E-state index contributed by atoms with van der Waals surface area (Å²) >= 11 is 0. The van der Waals surface area contributed by atoms with Crippen molar-refractivity contribution in [2.24, 2.45) is 5.92 Å². The number of carboxylic acid groups (broad SMARTS) is 1. The van der Waals surface area contributed by atoms with Crippen molar-refractivity contribution in [2.75, 3.05) is 13.2 Å². The monoisotopic (exact) mass is 476 g/mol. The Kier molecular flexibility index (Phi) is 6.75. The zero-order valence-electron chi connectivity index (χ0n) is 19.8. The molecule has 2 N–H and O–H groups in total.